The van der Waals surface area contributed by atoms with Crippen molar-refractivity contribution in [1.82, 2.24) is 5.32 Å². The minimum atomic E-state index is -0.408. The molecular formula is C17H23NO2. The van der Waals surface area contributed by atoms with Gasteiger partial charge in [0.25, 0.3) is 0 Å². The van der Waals surface area contributed by atoms with Crippen LogP contribution in [-0.2, 0) is 14.9 Å². The summed E-state index contributed by atoms with van der Waals surface area (Å²) >= 11 is 0. The molecule has 0 amide bonds. The zero-order chi connectivity index (χ0) is 14.4. The van der Waals surface area contributed by atoms with E-state index in [0.29, 0.717) is 0 Å². The van der Waals surface area contributed by atoms with Crippen molar-refractivity contribution in [3.8, 4) is 0 Å². The topological polar surface area (TPSA) is 38.3 Å². The van der Waals surface area contributed by atoms with Gasteiger partial charge in [0.05, 0.1) is 5.41 Å². The van der Waals surface area contributed by atoms with Crippen LogP contribution in [0, 0.1) is 5.41 Å². The van der Waals surface area contributed by atoms with E-state index in [1.807, 2.05) is 26.8 Å². The van der Waals surface area contributed by atoms with Gasteiger partial charge < -0.3 is 10.1 Å². The van der Waals surface area contributed by atoms with Crippen molar-refractivity contribution >= 4 is 5.97 Å². The van der Waals surface area contributed by atoms with E-state index in [9.17, 15) is 4.79 Å². The van der Waals surface area contributed by atoms with E-state index in [2.05, 4.69) is 29.6 Å². The summed E-state index contributed by atoms with van der Waals surface area (Å²) in [4.78, 5) is 12.5. The van der Waals surface area contributed by atoms with Crippen LogP contribution in [0.5, 0.6) is 0 Å². The molecule has 20 heavy (non-hydrogen) atoms. The first-order valence-electron chi connectivity index (χ1n) is 7.35. The second kappa shape index (κ2) is 4.32. The first-order chi connectivity index (χ1) is 9.35. The Kier molecular flexibility index (Phi) is 2.94. The third-order valence-corrected chi connectivity index (χ3v) is 4.50. The SMILES string of the molecule is CC(C)(C)OC(=O)C12CNCC(c3ccccc3)(C1)C2. The summed E-state index contributed by atoms with van der Waals surface area (Å²) in [7, 11) is 0. The third-order valence-electron chi connectivity index (χ3n) is 4.50. The Bertz CT molecular complexity index is 510. The van der Waals surface area contributed by atoms with Crippen LogP contribution in [0.2, 0.25) is 0 Å². The lowest BCUT2D eigenvalue weighted by Crippen LogP contribution is -2.67. The number of carbonyl (C=O) groups excluding carboxylic acids is 1. The van der Waals surface area contributed by atoms with Crippen molar-refractivity contribution in [2.24, 2.45) is 5.41 Å². The molecule has 1 aromatic carbocycles. The average molecular weight is 273 g/mol. The van der Waals surface area contributed by atoms with Crippen LogP contribution in [-0.4, -0.2) is 24.7 Å². The van der Waals surface area contributed by atoms with Crippen LogP contribution in [0.4, 0.5) is 0 Å². The molecule has 3 nitrogen and oxygen atoms in total. The smallest absolute Gasteiger partial charge is 0.313 e. The summed E-state index contributed by atoms with van der Waals surface area (Å²) in [6, 6.07) is 10.5. The lowest BCUT2D eigenvalue weighted by atomic mass is 9.48. The highest BCUT2D eigenvalue weighted by Gasteiger charge is 2.62. The number of piperidine rings is 2. The van der Waals surface area contributed by atoms with Gasteiger partial charge in [-0.1, -0.05) is 30.3 Å². The summed E-state index contributed by atoms with van der Waals surface area (Å²) in [6.07, 6.45) is 1.82. The van der Waals surface area contributed by atoms with Crippen LogP contribution in [0.25, 0.3) is 0 Å². The molecule has 1 N–H and O–H groups in total. The van der Waals surface area contributed by atoms with Crippen LogP contribution in [0.3, 0.4) is 0 Å². The van der Waals surface area contributed by atoms with Crippen molar-refractivity contribution in [3.63, 3.8) is 0 Å². The van der Waals surface area contributed by atoms with Crippen molar-refractivity contribution in [1.29, 1.82) is 0 Å². The molecule has 0 unspecified atom stereocenters. The summed E-state index contributed by atoms with van der Waals surface area (Å²) in [6.45, 7) is 7.50. The number of rotatable bonds is 2. The maximum Gasteiger partial charge on any atom is 0.313 e. The molecule has 1 aromatic rings. The van der Waals surface area contributed by atoms with E-state index < -0.39 is 5.60 Å². The van der Waals surface area contributed by atoms with Gasteiger partial charge in [-0.15, -0.1) is 0 Å². The standard InChI is InChI=1S/C17H23NO2/c1-15(2,3)20-14(19)17-9-16(10-17,11-18-12-17)13-7-5-4-6-8-13/h4-8,18H,9-12H2,1-3H3. The van der Waals surface area contributed by atoms with Crippen molar-refractivity contribution in [2.45, 2.75) is 44.6 Å². The van der Waals surface area contributed by atoms with Gasteiger partial charge in [0.1, 0.15) is 5.60 Å². The lowest BCUT2D eigenvalue weighted by molar-refractivity contribution is -0.182. The van der Waals surface area contributed by atoms with Gasteiger partial charge in [0, 0.05) is 18.5 Å². The quantitative estimate of drug-likeness (QED) is 0.842. The molecule has 2 heterocycles. The molecule has 3 aliphatic rings. The second-order valence-corrected chi connectivity index (χ2v) is 7.39. The number of benzene rings is 1. The maximum atomic E-state index is 12.5. The van der Waals surface area contributed by atoms with E-state index in [1.54, 1.807) is 0 Å². The predicted octanol–water partition coefficient (Wildman–Crippen LogP) is 2.65. The van der Waals surface area contributed by atoms with Crippen molar-refractivity contribution < 1.29 is 9.53 Å². The summed E-state index contributed by atoms with van der Waals surface area (Å²) in [5.74, 6) is -0.0382. The van der Waals surface area contributed by atoms with E-state index in [1.165, 1.54) is 5.56 Å². The number of esters is 1. The van der Waals surface area contributed by atoms with E-state index >= 15 is 0 Å². The van der Waals surface area contributed by atoms with Crippen LogP contribution in [0.1, 0.15) is 39.2 Å². The highest BCUT2D eigenvalue weighted by molar-refractivity contribution is 5.80. The predicted molar refractivity (Wildman–Crippen MR) is 78.5 cm³/mol. The fourth-order valence-corrected chi connectivity index (χ4v) is 3.74. The highest BCUT2D eigenvalue weighted by Crippen LogP contribution is 2.58. The molecule has 0 aromatic heterocycles. The monoisotopic (exact) mass is 273 g/mol. The Hall–Kier alpha value is -1.35. The highest BCUT2D eigenvalue weighted by atomic mass is 16.6. The largest absolute Gasteiger partial charge is 0.460 e. The van der Waals surface area contributed by atoms with Gasteiger partial charge in [0.15, 0.2) is 0 Å². The molecule has 0 atom stereocenters. The molecule has 1 saturated carbocycles. The fourth-order valence-electron chi connectivity index (χ4n) is 3.74. The maximum absolute atomic E-state index is 12.5. The molecule has 1 aliphatic carbocycles. The van der Waals surface area contributed by atoms with Crippen molar-refractivity contribution in [2.75, 3.05) is 13.1 Å². The molecule has 4 rings (SSSR count). The zero-order valence-electron chi connectivity index (χ0n) is 12.5. The number of hydrogen-bond acceptors (Lipinski definition) is 3. The van der Waals surface area contributed by atoms with Crippen molar-refractivity contribution in [3.05, 3.63) is 35.9 Å². The number of ether oxygens (including phenoxy) is 1. The molecule has 2 saturated heterocycles. The van der Waals surface area contributed by atoms with Gasteiger partial charge in [-0.2, -0.15) is 0 Å². The van der Waals surface area contributed by atoms with Gasteiger partial charge in [-0.25, -0.2) is 0 Å². The number of carbonyl (C=O) groups is 1. The summed E-state index contributed by atoms with van der Waals surface area (Å²) < 4.78 is 5.62. The molecule has 0 radical (unpaired) electrons. The number of fused-ring (bicyclic) bond motifs is 2. The lowest BCUT2D eigenvalue weighted by Gasteiger charge is -2.59. The Labute approximate surface area is 120 Å². The van der Waals surface area contributed by atoms with E-state index in [4.69, 9.17) is 4.74 Å². The molecular weight excluding hydrogens is 250 g/mol. The van der Waals surface area contributed by atoms with Gasteiger partial charge in [-0.05, 0) is 39.2 Å². The van der Waals surface area contributed by atoms with Gasteiger partial charge in [0.2, 0.25) is 0 Å². The Morgan fingerprint density at radius 3 is 2.40 bits per heavy atom. The minimum absolute atomic E-state index is 0.0382. The molecule has 3 heteroatoms. The Morgan fingerprint density at radius 2 is 1.80 bits per heavy atom. The number of hydrogen-bond donors (Lipinski definition) is 1. The zero-order valence-corrected chi connectivity index (χ0v) is 12.5. The molecule has 2 bridgehead atoms. The second-order valence-electron chi connectivity index (χ2n) is 7.39. The Balaban J connectivity index is 1.79. The minimum Gasteiger partial charge on any atom is -0.460 e. The fraction of sp³-hybridized carbons (Fsp3) is 0.588. The normalized spacial score (nSPS) is 32.4. The van der Waals surface area contributed by atoms with Gasteiger partial charge in [-0.3, -0.25) is 4.79 Å². The summed E-state index contributed by atoms with van der Waals surface area (Å²) in [5, 5.41) is 3.43. The molecule has 0 spiro atoms. The van der Waals surface area contributed by atoms with Crippen LogP contribution >= 0.6 is 0 Å². The van der Waals surface area contributed by atoms with Crippen LogP contribution < -0.4 is 5.32 Å². The molecule has 108 valence electrons. The number of nitrogens with one attached hydrogen (secondary N) is 1. The Morgan fingerprint density at radius 1 is 1.15 bits per heavy atom. The van der Waals surface area contributed by atoms with E-state index in [-0.39, 0.29) is 16.8 Å². The average Bonchev–Trinajstić information content (AvgIpc) is 2.37. The van der Waals surface area contributed by atoms with Gasteiger partial charge >= 0.3 is 5.97 Å². The van der Waals surface area contributed by atoms with E-state index in [0.717, 1.165) is 25.9 Å². The first-order valence-corrected chi connectivity index (χ1v) is 7.35. The third kappa shape index (κ3) is 2.14. The van der Waals surface area contributed by atoms with Crippen LogP contribution in [0.15, 0.2) is 30.3 Å². The molecule has 2 aliphatic heterocycles. The first kappa shape index (κ1) is 13.6. The summed E-state index contributed by atoms with van der Waals surface area (Å²) in [5.41, 5.74) is 0.734. The molecule has 3 fully saturated rings.